The van der Waals surface area contributed by atoms with Crippen molar-refractivity contribution in [2.24, 2.45) is 0 Å². The average Bonchev–Trinajstić information content (AvgIpc) is 2.78. The van der Waals surface area contributed by atoms with Crippen LogP contribution in [0.1, 0.15) is 19.8 Å². The zero-order chi connectivity index (χ0) is 21.9. The van der Waals surface area contributed by atoms with Gasteiger partial charge in [0.2, 0.25) is 0 Å². The van der Waals surface area contributed by atoms with Crippen molar-refractivity contribution >= 4 is 28.6 Å². The predicted octanol–water partition coefficient (Wildman–Crippen LogP) is 5.12. The van der Waals surface area contributed by atoms with Crippen molar-refractivity contribution in [3.05, 3.63) is 71.1 Å². The summed E-state index contributed by atoms with van der Waals surface area (Å²) in [7, 11) is 5.08. The number of para-hydroxylation sites is 1. The molecule has 0 fully saturated rings. The van der Waals surface area contributed by atoms with E-state index in [0.717, 1.165) is 35.9 Å². The summed E-state index contributed by atoms with van der Waals surface area (Å²) in [6.45, 7) is 2.08. The zero-order valence-electron chi connectivity index (χ0n) is 17.8. The average molecular weight is 409 g/mol. The molecule has 158 valence electrons. The number of rotatable bonds is 7. The summed E-state index contributed by atoms with van der Waals surface area (Å²) in [6, 6.07) is 14.5. The van der Waals surface area contributed by atoms with Crippen molar-refractivity contribution in [3.63, 3.8) is 0 Å². The van der Waals surface area contributed by atoms with Gasteiger partial charge in [-0.2, -0.15) is 0 Å². The lowest BCUT2D eigenvalue weighted by Crippen LogP contribution is -2.13. The number of ether oxygens (including phenoxy) is 2. The number of fused-ring (bicyclic) bond motifs is 1. The van der Waals surface area contributed by atoms with E-state index in [1.807, 2.05) is 54.4 Å². The van der Waals surface area contributed by atoms with Crippen LogP contribution in [0.4, 0.5) is 11.4 Å². The molecule has 0 N–H and O–H groups in total. The first-order chi connectivity index (χ1) is 14.5. The minimum Gasteiger partial charge on any atom is -0.493 e. The molecule has 0 amide bonds. The summed E-state index contributed by atoms with van der Waals surface area (Å²) in [5.41, 5.74) is 1.82. The molecule has 0 radical (unpaired) electrons. The molecule has 2 aromatic carbocycles. The predicted molar refractivity (Wildman–Crippen MR) is 120 cm³/mol. The van der Waals surface area contributed by atoms with Crippen LogP contribution in [-0.4, -0.2) is 27.6 Å². The monoisotopic (exact) mass is 409 g/mol. The molecule has 6 nitrogen and oxygen atoms in total. The number of unbranched alkanes of at least 4 members (excludes halogenated alkanes) is 1. The molecule has 0 saturated carbocycles. The second kappa shape index (κ2) is 11.5. The lowest BCUT2D eigenvalue weighted by atomic mass is 10.1. The topological polar surface area (TPSA) is 69.0 Å². The third-order valence-electron chi connectivity index (χ3n) is 4.41. The fourth-order valence-corrected chi connectivity index (χ4v) is 2.86. The van der Waals surface area contributed by atoms with E-state index < -0.39 is 0 Å². The maximum Gasteiger partial charge on any atom is 0.338 e. The second-order valence-electron chi connectivity index (χ2n) is 6.40. The lowest BCUT2D eigenvalue weighted by Gasteiger charge is -2.21. The fourth-order valence-electron chi connectivity index (χ4n) is 2.86. The van der Waals surface area contributed by atoms with E-state index in [0.29, 0.717) is 17.1 Å². The van der Waals surface area contributed by atoms with Gasteiger partial charge >= 0.3 is 5.63 Å². The standard InChI is InChI=1S/C18H17NO4.C6H10O/c1-19(12-8-9-16(21-2)17(10-12)22-3)14-11-18(20)23-15-7-5-4-6-13(14)15;1-2-3-4-5-6-7/h4-11H,1-3H3;4-6H,2-3H2,1H3/b;5-4+. The minimum atomic E-state index is -0.383. The van der Waals surface area contributed by atoms with Crippen molar-refractivity contribution in [1.29, 1.82) is 0 Å². The molecule has 0 aliphatic heterocycles. The van der Waals surface area contributed by atoms with Gasteiger partial charge in [0.25, 0.3) is 0 Å². The van der Waals surface area contributed by atoms with Crippen LogP contribution >= 0.6 is 0 Å². The van der Waals surface area contributed by atoms with Gasteiger partial charge in [0.1, 0.15) is 11.9 Å². The normalized spacial score (nSPS) is 10.4. The molecular weight excluding hydrogens is 382 g/mol. The summed E-state index contributed by atoms with van der Waals surface area (Å²) in [5, 5.41) is 0.865. The van der Waals surface area contributed by atoms with Gasteiger partial charge in [-0.15, -0.1) is 0 Å². The van der Waals surface area contributed by atoms with Crippen molar-refractivity contribution in [2.45, 2.75) is 19.8 Å². The van der Waals surface area contributed by atoms with Crippen LogP contribution in [0.25, 0.3) is 11.0 Å². The number of nitrogens with zero attached hydrogens (tertiary/aromatic N) is 1. The first-order valence-corrected chi connectivity index (χ1v) is 9.64. The molecule has 1 aromatic heterocycles. The molecule has 6 heteroatoms. The summed E-state index contributed by atoms with van der Waals surface area (Å²) in [6.07, 6.45) is 6.33. The van der Waals surface area contributed by atoms with Gasteiger partial charge < -0.3 is 18.8 Å². The number of benzene rings is 2. The van der Waals surface area contributed by atoms with E-state index in [4.69, 9.17) is 13.9 Å². The van der Waals surface area contributed by atoms with Crippen LogP contribution in [0.5, 0.6) is 11.5 Å². The van der Waals surface area contributed by atoms with Gasteiger partial charge in [0, 0.05) is 30.3 Å². The van der Waals surface area contributed by atoms with E-state index in [9.17, 15) is 9.59 Å². The summed E-state index contributed by atoms with van der Waals surface area (Å²) < 4.78 is 15.8. The Morgan fingerprint density at radius 3 is 2.43 bits per heavy atom. The Morgan fingerprint density at radius 2 is 1.77 bits per heavy atom. The fraction of sp³-hybridized carbons (Fsp3) is 0.250. The van der Waals surface area contributed by atoms with Crippen LogP contribution in [-0.2, 0) is 4.79 Å². The highest BCUT2D eigenvalue weighted by Crippen LogP contribution is 2.35. The number of allylic oxidation sites excluding steroid dienone is 2. The Morgan fingerprint density at radius 1 is 1.03 bits per heavy atom. The number of methoxy groups -OCH3 is 2. The zero-order valence-corrected chi connectivity index (χ0v) is 17.8. The molecule has 0 saturated heterocycles. The van der Waals surface area contributed by atoms with Crippen molar-refractivity contribution in [3.8, 4) is 11.5 Å². The van der Waals surface area contributed by atoms with E-state index in [-0.39, 0.29) is 5.63 Å². The van der Waals surface area contributed by atoms with E-state index in [1.54, 1.807) is 20.3 Å². The highest BCUT2D eigenvalue weighted by Gasteiger charge is 2.13. The Hall–Kier alpha value is -3.54. The first-order valence-electron chi connectivity index (χ1n) is 9.64. The van der Waals surface area contributed by atoms with Crippen LogP contribution < -0.4 is 20.0 Å². The molecule has 3 rings (SSSR count). The summed E-state index contributed by atoms with van der Waals surface area (Å²) >= 11 is 0. The maximum atomic E-state index is 11.8. The first kappa shape index (κ1) is 22.7. The molecule has 0 aliphatic rings. The third-order valence-corrected chi connectivity index (χ3v) is 4.41. The molecular formula is C24H27NO5. The van der Waals surface area contributed by atoms with Crippen LogP contribution in [0, 0.1) is 0 Å². The van der Waals surface area contributed by atoms with Gasteiger partial charge in [-0.25, -0.2) is 4.79 Å². The van der Waals surface area contributed by atoms with Gasteiger partial charge in [0.05, 0.1) is 19.9 Å². The molecule has 1 heterocycles. The number of hydrogen-bond acceptors (Lipinski definition) is 6. The molecule has 0 aliphatic carbocycles. The van der Waals surface area contributed by atoms with Crippen molar-refractivity contribution in [2.75, 3.05) is 26.2 Å². The van der Waals surface area contributed by atoms with Gasteiger partial charge in [-0.05, 0) is 36.8 Å². The summed E-state index contributed by atoms with van der Waals surface area (Å²) in [5.74, 6) is 1.28. The highest BCUT2D eigenvalue weighted by molar-refractivity contribution is 5.92. The smallest absolute Gasteiger partial charge is 0.338 e. The van der Waals surface area contributed by atoms with Crippen molar-refractivity contribution < 1.29 is 18.7 Å². The number of hydrogen-bond donors (Lipinski definition) is 0. The lowest BCUT2D eigenvalue weighted by molar-refractivity contribution is -0.104. The number of aldehydes is 1. The largest absolute Gasteiger partial charge is 0.493 e. The Kier molecular flexibility index (Phi) is 8.69. The second-order valence-corrected chi connectivity index (χ2v) is 6.40. The Bertz CT molecular complexity index is 1050. The quantitative estimate of drug-likeness (QED) is 0.306. The highest BCUT2D eigenvalue weighted by atomic mass is 16.5. The number of carbonyl (C=O) groups excluding carboxylic acids is 1. The van der Waals surface area contributed by atoms with E-state index >= 15 is 0 Å². The van der Waals surface area contributed by atoms with Crippen LogP contribution in [0.2, 0.25) is 0 Å². The third kappa shape index (κ3) is 5.73. The molecule has 0 atom stereocenters. The molecule has 0 spiro atoms. The van der Waals surface area contributed by atoms with E-state index in [1.165, 1.54) is 12.1 Å². The molecule has 0 unspecified atom stereocenters. The van der Waals surface area contributed by atoms with Crippen LogP contribution in [0.15, 0.2) is 69.9 Å². The van der Waals surface area contributed by atoms with Crippen LogP contribution in [0.3, 0.4) is 0 Å². The Labute approximate surface area is 176 Å². The molecule has 30 heavy (non-hydrogen) atoms. The molecule has 3 aromatic rings. The Balaban J connectivity index is 0.000000396. The number of anilines is 2. The van der Waals surface area contributed by atoms with Gasteiger partial charge in [0.15, 0.2) is 11.5 Å². The molecule has 0 bridgehead atoms. The maximum absolute atomic E-state index is 11.8. The minimum absolute atomic E-state index is 0.383. The SMILES string of the molecule is CCC/C=C/C=O.COc1ccc(N(C)c2cc(=O)oc3ccccc23)cc1OC. The summed E-state index contributed by atoms with van der Waals surface area (Å²) in [4.78, 5) is 23.3. The number of carbonyl (C=O) groups is 1. The van der Waals surface area contributed by atoms with Gasteiger partial charge in [-0.3, -0.25) is 4.79 Å². The van der Waals surface area contributed by atoms with Crippen molar-refractivity contribution in [1.82, 2.24) is 0 Å². The van der Waals surface area contributed by atoms with E-state index in [2.05, 4.69) is 6.92 Å². The van der Waals surface area contributed by atoms with Gasteiger partial charge in [-0.1, -0.05) is 31.6 Å².